The van der Waals surface area contributed by atoms with E-state index in [0.29, 0.717) is 48.2 Å². The van der Waals surface area contributed by atoms with Gasteiger partial charge in [-0.15, -0.1) is 0 Å². The number of nitrogens with zero attached hydrogens (tertiary/aromatic N) is 3. The number of hydrogen-bond acceptors (Lipinski definition) is 7. The van der Waals surface area contributed by atoms with E-state index >= 15 is 0 Å². The molecule has 1 N–H and O–H groups in total. The molecule has 1 amide bonds. The van der Waals surface area contributed by atoms with Gasteiger partial charge in [0.2, 0.25) is 15.9 Å². The van der Waals surface area contributed by atoms with Crippen molar-refractivity contribution in [2.45, 2.75) is 38.1 Å². The van der Waals surface area contributed by atoms with Crippen molar-refractivity contribution in [3.8, 4) is 5.75 Å². The first-order valence-electron chi connectivity index (χ1n) is 9.96. The molecule has 0 unspecified atom stereocenters. The number of aromatic nitrogens is 1. The van der Waals surface area contributed by atoms with Gasteiger partial charge in [0.05, 0.1) is 18.8 Å². The first kappa shape index (κ1) is 23.5. The zero-order valence-corrected chi connectivity index (χ0v) is 19.6. The van der Waals surface area contributed by atoms with Crippen LogP contribution in [-0.4, -0.2) is 68.0 Å². The third kappa shape index (κ3) is 5.03. The SMILES string of the molecule is COc1ccc(Cl)cc1NC(=O)[C@@H](C)N1CCCN(S(=O)(=O)c2c(C)noc2C)CC1. The van der Waals surface area contributed by atoms with Crippen molar-refractivity contribution in [2.75, 3.05) is 38.6 Å². The van der Waals surface area contributed by atoms with Gasteiger partial charge in [0.15, 0.2) is 5.76 Å². The molecular formula is C20H27ClN4O5S. The fourth-order valence-electron chi connectivity index (χ4n) is 3.69. The number of hydrogen-bond donors (Lipinski definition) is 1. The molecule has 31 heavy (non-hydrogen) atoms. The highest BCUT2D eigenvalue weighted by atomic mass is 35.5. The Balaban J connectivity index is 1.69. The molecule has 1 aliphatic rings. The van der Waals surface area contributed by atoms with Crippen molar-refractivity contribution in [1.29, 1.82) is 0 Å². The van der Waals surface area contributed by atoms with Crippen molar-refractivity contribution < 1.29 is 22.5 Å². The molecule has 1 atom stereocenters. The molecule has 0 bridgehead atoms. The van der Waals surface area contributed by atoms with Crippen LogP contribution < -0.4 is 10.1 Å². The van der Waals surface area contributed by atoms with Crippen LogP contribution in [0.2, 0.25) is 5.02 Å². The monoisotopic (exact) mass is 470 g/mol. The molecule has 11 heteroatoms. The third-order valence-corrected chi connectivity index (χ3v) is 7.78. The lowest BCUT2D eigenvalue weighted by Gasteiger charge is -2.27. The number of nitrogens with one attached hydrogen (secondary N) is 1. The zero-order chi connectivity index (χ0) is 22.8. The van der Waals surface area contributed by atoms with E-state index in [1.165, 1.54) is 11.4 Å². The smallest absolute Gasteiger partial charge is 0.248 e. The summed E-state index contributed by atoms with van der Waals surface area (Å²) in [7, 11) is -2.20. The predicted octanol–water partition coefficient (Wildman–Crippen LogP) is 2.68. The Morgan fingerprint density at radius 2 is 2.00 bits per heavy atom. The molecule has 170 valence electrons. The molecule has 0 aliphatic carbocycles. The van der Waals surface area contributed by atoms with Crippen molar-refractivity contribution in [3.05, 3.63) is 34.7 Å². The third-order valence-electron chi connectivity index (χ3n) is 5.40. The molecule has 2 aromatic rings. The number of sulfonamides is 1. The standard InChI is InChI=1S/C20H27ClN4O5S/c1-13-19(15(3)30-23-13)31(27,28)25-9-5-8-24(10-11-25)14(2)20(26)22-17-12-16(21)6-7-18(17)29-4/h6-7,12,14H,5,8-11H2,1-4H3,(H,22,26)/t14-/m1/s1. The second-order valence-electron chi connectivity index (χ2n) is 7.46. The molecule has 3 rings (SSSR count). The lowest BCUT2D eigenvalue weighted by Crippen LogP contribution is -2.44. The number of halogens is 1. The van der Waals surface area contributed by atoms with E-state index in [0.717, 1.165) is 0 Å². The summed E-state index contributed by atoms with van der Waals surface area (Å²) in [5, 5.41) is 7.10. The Morgan fingerprint density at radius 3 is 2.65 bits per heavy atom. The van der Waals surface area contributed by atoms with Crippen LogP contribution in [0.25, 0.3) is 0 Å². The van der Waals surface area contributed by atoms with E-state index in [1.807, 2.05) is 4.90 Å². The normalized spacial score (nSPS) is 17.2. The second-order valence-corrected chi connectivity index (χ2v) is 9.77. The van der Waals surface area contributed by atoms with Gasteiger partial charge in [-0.2, -0.15) is 4.31 Å². The number of anilines is 1. The van der Waals surface area contributed by atoms with Crippen LogP contribution in [0.15, 0.2) is 27.6 Å². The summed E-state index contributed by atoms with van der Waals surface area (Å²) in [5.74, 6) is 0.571. The summed E-state index contributed by atoms with van der Waals surface area (Å²) in [5.41, 5.74) is 0.839. The topological polar surface area (TPSA) is 105 Å². The highest BCUT2D eigenvalue weighted by molar-refractivity contribution is 7.89. The number of ether oxygens (including phenoxy) is 1. The molecule has 0 saturated carbocycles. The first-order valence-corrected chi connectivity index (χ1v) is 11.8. The summed E-state index contributed by atoms with van der Waals surface area (Å²) >= 11 is 6.04. The first-order chi connectivity index (χ1) is 14.6. The van der Waals surface area contributed by atoms with Crippen LogP contribution in [0.4, 0.5) is 5.69 Å². The highest BCUT2D eigenvalue weighted by Gasteiger charge is 2.33. The van der Waals surface area contributed by atoms with Crippen LogP contribution in [0.5, 0.6) is 5.75 Å². The number of carbonyl (C=O) groups is 1. The van der Waals surface area contributed by atoms with Crippen LogP contribution >= 0.6 is 11.6 Å². The average molecular weight is 471 g/mol. The molecule has 9 nitrogen and oxygen atoms in total. The number of benzene rings is 1. The van der Waals surface area contributed by atoms with E-state index < -0.39 is 16.1 Å². The summed E-state index contributed by atoms with van der Waals surface area (Å²) in [4.78, 5) is 14.9. The minimum absolute atomic E-state index is 0.125. The second kappa shape index (κ2) is 9.56. The minimum Gasteiger partial charge on any atom is -0.495 e. The quantitative estimate of drug-likeness (QED) is 0.691. The Labute approximate surface area is 187 Å². The van der Waals surface area contributed by atoms with Crippen LogP contribution in [-0.2, 0) is 14.8 Å². The molecular weight excluding hydrogens is 444 g/mol. The van der Waals surface area contributed by atoms with Gasteiger partial charge in [-0.3, -0.25) is 9.69 Å². The predicted molar refractivity (Wildman–Crippen MR) is 117 cm³/mol. The van der Waals surface area contributed by atoms with Gasteiger partial charge in [-0.05, 0) is 45.4 Å². The number of amides is 1. The maximum atomic E-state index is 13.1. The van der Waals surface area contributed by atoms with Crippen molar-refractivity contribution >= 4 is 33.2 Å². The number of rotatable bonds is 6. The Kier molecular flexibility index (Phi) is 7.25. The van der Waals surface area contributed by atoms with Crippen molar-refractivity contribution in [1.82, 2.24) is 14.4 Å². The van der Waals surface area contributed by atoms with Gasteiger partial charge >= 0.3 is 0 Å². The summed E-state index contributed by atoms with van der Waals surface area (Å²) in [6.45, 7) is 6.64. The van der Waals surface area contributed by atoms with E-state index in [2.05, 4.69) is 10.5 Å². The van der Waals surface area contributed by atoms with E-state index in [1.54, 1.807) is 39.0 Å². The van der Waals surface area contributed by atoms with Gasteiger partial charge in [-0.1, -0.05) is 16.8 Å². The molecule has 1 aliphatic heterocycles. The largest absolute Gasteiger partial charge is 0.495 e. The number of aryl methyl sites for hydroxylation is 2. The van der Waals surface area contributed by atoms with E-state index in [4.69, 9.17) is 20.9 Å². The van der Waals surface area contributed by atoms with Gasteiger partial charge in [0, 0.05) is 31.2 Å². The Bertz CT molecular complexity index is 1040. The fourth-order valence-corrected chi connectivity index (χ4v) is 5.63. The van der Waals surface area contributed by atoms with Gasteiger partial charge < -0.3 is 14.6 Å². The van der Waals surface area contributed by atoms with Crippen LogP contribution in [0.1, 0.15) is 24.8 Å². The Morgan fingerprint density at radius 1 is 1.26 bits per heavy atom. The summed E-state index contributed by atoms with van der Waals surface area (Å²) < 4.78 is 38.0. The lowest BCUT2D eigenvalue weighted by molar-refractivity contribution is -0.120. The molecule has 1 saturated heterocycles. The van der Waals surface area contributed by atoms with Crippen LogP contribution in [0, 0.1) is 13.8 Å². The van der Waals surface area contributed by atoms with Gasteiger partial charge in [0.1, 0.15) is 16.3 Å². The summed E-state index contributed by atoms with van der Waals surface area (Å²) in [6.07, 6.45) is 0.598. The fraction of sp³-hybridized carbons (Fsp3) is 0.500. The molecule has 2 heterocycles. The molecule has 1 aromatic carbocycles. The Hall–Kier alpha value is -2.14. The van der Waals surface area contributed by atoms with Crippen molar-refractivity contribution in [2.24, 2.45) is 0 Å². The zero-order valence-electron chi connectivity index (χ0n) is 18.0. The molecule has 1 aromatic heterocycles. The van der Waals surface area contributed by atoms with E-state index in [9.17, 15) is 13.2 Å². The van der Waals surface area contributed by atoms with E-state index in [-0.39, 0.29) is 23.1 Å². The molecule has 1 fully saturated rings. The molecule has 0 spiro atoms. The van der Waals surface area contributed by atoms with Crippen molar-refractivity contribution in [3.63, 3.8) is 0 Å². The highest BCUT2D eigenvalue weighted by Crippen LogP contribution is 2.28. The maximum absolute atomic E-state index is 13.1. The minimum atomic E-state index is -3.72. The van der Waals surface area contributed by atoms with Gasteiger partial charge in [0.25, 0.3) is 0 Å². The lowest BCUT2D eigenvalue weighted by atomic mass is 10.2. The number of methoxy groups -OCH3 is 1. The average Bonchev–Trinajstić information content (AvgIpc) is 2.92. The maximum Gasteiger partial charge on any atom is 0.248 e. The van der Waals surface area contributed by atoms with Crippen LogP contribution in [0.3, 0.4) is 0 Å². The number of carbonyl (C=O) groups excluding carboxylic acids is 1. The summed E-state index contributed by atoms with van der Waals surface area (Å²) in [6, 6.07) is 4.53. The molecule has 0 radical (unpaired) electrons. The van der Waals surface area contributed by atoms with Gasteiger partial charge in [-0.25, -0.2) is 8.42 Å².